The van der Waals surface area contributed by atoms with Gasteiger partial charge in [-0.15, -0.1) is 0 Å². The summed E-state index contributed by atoms with van der Waals surface area (Å²) in [5.41, 5.74) is 0. The lowest BCUT2D eigenvalue weighted by Gasteiger charge is -2.38. The summed E-state index contributed by atoms with van der Waals surface area (Å²) in [5.74, 6) is 1.84. The predicted octanol–water partition coefficient (Wildman–Crippen LogP) is 3.11. The fraction of sp³-hybridized carbons (Fsp3) is 0.667. The number of hydrogen-bond acceptors (Lipinski definition) is 2. The topological polar surface area (TPSA) is 30.2 Å². The van der Waals surface area contributed by atoms with Crippen molar-refractivity contribution in [2.24, 2.45) is 5.92 Å². The maximum absolute atomic E-state index is 5.90. The Kier molecular flexibility index (Phi) is 4.24. The SMILES string of the molecule is Clc1ccc(N2CC[N]C(C3CCCCC3)C2)nc1. The summed E-state index contributed by atoms with van der Waals surface area (Å²) in [4.78, 5) is 6.80. The molecule has 103 valence electrons. The van der Waals surface area contributed by atoms with Gasteiger partial charge in [-0.05, 0) is 30.9 Å². The summed E-state index contributed by atoms with van der Waals surface area (Å²) in [5, 5.41) is 5.55. The van der Waals surface area contributed by atoms with Crippen LogP contribution >= 0.6 is 11.6 Å². The molecule has 4 heteroatoms. The van der Waals surface area contributed by atoms with Crippen molar-refractivity contribution in [1.82, 2.24) is 10.3 Å². The number of anilines is 1. The molecule has 0 bridgehead atoms. The molecule has 1 aromatic rings. The fourth-order valence-electron chi connectivity index (χ4n) is 3.30. The van der Waals surface area contributed by atoms with Gasteiger partial charge in [-0.25, -0.2) is 10.3 Å². The Balaban J connectivity index is 1.65. The third kappa shape index (κ3) is 3.21. The molecule has 1 aliphatic carbocycles. The molecule has 1 atom stereocenters. The number of halogens is 1. The number of pyridine rings is 1. The Morgan fingerprint density at radius 3 is 2.74 bits per heavy atom. The smallest absolute Gasteiger partial charge is 0.128 e. The third-order valence-corrected chi connectivity index (χ3v) is 4.59. The normalized spacial score (nSPS) is 25.5. The molecule has 0 amide bonds. The summed E-state index contributed by atoms with van der Waals surface area (Å²) in [7, 11) is 0. The van der Waals surface area contributed by atoms with Crippen LogP contribution in [0.3, 0.4) is 0 Å². The highest BCUT2D eigenvalue weighted by molar-refractivity contribution is 6.30. The van der Waals surface area contributed by atoms with E-state index in [1.165, 1.54) is 32.1 Å². The van der Waals surface area contributed by atoms with E-state index in [2.05, 4.69) is 9.88 Å². The minimum absolute atomic E-state index is 0.506. The van der Waals surface area contributed by atoms with Crippen LogP contribution < -0.4 is 10.2 Å². The summed E-state index contributed by atoms with van der Waals surface area (Å²) in [6, 6.07) is 4.45. The van der Waals surface area contributed by atoms with Gasteiger partial charge in [-0.3, -0.25) is 0 Å². The van der Waals surface area contributed by atoms with Gasteiger partial charge in [0.1, 0.15) is 5.82 Å². The summed E-state index contributed by atoms with van der Waals surface area (Å²) in [6.45, 7) is 2.95. The molecule has 1 aliphatic heterocycles. The zero-order valence-corrected chi connectivity index (χ0v) is 12.0. The first-order valence-corrected chi connectivity index (χ1v) is 7.74. The maximum atomic E-state index is 5.90. The molecule has 2 fully saturated rings. The molecular weight excluding hydrogens is 258 g/mol. The fourth-order valence-corrected chi connectivity index (χ4v) is 3.41. The van der Waals surface area contributed by atoms with Gasteiger partial charge >= 0.3 is 0 Å². The maximum Gasteiger partial charge on any atom is 0.128 e. The van der Waals surface area contributed by atoms with Crippen LogP contribution in [-0.2, 0) is 0 Å². The van der Waals surface area contributed by atoms with Gasteiger partial charge < -0.3 is 4.90 Å². The first kappa shape index (κ1) is 13.2. The molecule has 0 aromatic carbocycles. The van der Waals surface area contributed by atoms with Crippen molar-refractivity contribution >= 4 is 17.4 Å². The highest BCUT2D eigenvalue weighted by atomic mass is 35.5. The van der Waals surface area contributed by atoms with Gasteiger partial charge in [0.25, 0.3) is 0 Å². The number of aromatic nitrogens is 1. The molecule has 1 radical (unpaired) electrons. The molecule has 1 unspecified atom stereocenters. The van der Waals surface area contributed by atoms with Crippen molar-refractivity contribution < 1.29 is 0 Å². The molecule has 2 heterocycles. The van der Waals surface area contributed by atoms with E-state index < -0.39 is 0 Å². The van der Waals surface area contributed by atoms with Gasteiger partial charge in [-0.2, -0.15) is 0 Å². The summed E-state index contributed by atoms with van der Waals surface area (Å²) < 4.78 is 0. The second-order valence-electron chi connectivity index (χ2n) is 5.65. The van der Waals surface area contributed by atoms with Crippen LogP contribution in [0.15, 0.2) is 18.3 Å². The Morgan fingerprint density at radius 1 is 1.16 bits per heavy atom. The van der Waals surface area contributed by atoms with E-state index in [-0.39, 0.29) is 0 Å². The third-order valence-electron chi connectivity index (χ3n) is 4.37. The van der Waals surface area contributed by atoms with E-state index in [1.807, 2.05) is 12.1 Å². The van der Waals surface area contributed by atoms with Crippen molar-refractivity contribution in [2.75, 3.05) is 24.5 Å². The van der Waals surface area contributed by atoms with E-state index >= 15 is 0 Å². The number of rotatable bonds is 2. The summed E-state index contributed by atoms with van der Waals surface area (Å²) in [6.07, 6.45) is 8.63. The van der Waals surface area contributed by atoms with E-state index in [1.54, 1.807) is 6.20 Å². The molecule has 1 saturated carbocycles. The Labute approximate surface area is 120 Å². The van der Waals surface area contributed by atoms with Crippen LogP contribution in [0.4, 0.5) is 5.82 Å². The van der Waals surface area contributed by atoms with Gasteiger partial charge in [0.15, 0.2) is 0 Å². The van der Waals surface area contributed by atoms with Crippen molar-refractivity contribution in [3.05, 3.63) is 23.4 Å². The lowest BCUT2D eigenvalue weighted by molar-refractivity contribution is 0.253. The molecule has 0 spiro atoms. The van der Waals surface area contributed by atoms with Crippen LogP contribution in [-0.4, -0.2) is 30.7 Å². The summed E-state index contributed by atoms with van der Waals surface area (Å²) >= 11 is 5.90. The van der Waals surface area contributed by atoms with Gasteiger partial charge in [0, 0.05) is 31.9 Å². The number of nitrogens with zero attached hydrogens (tertiary/aromatic N) is 3. The largest absolute Gasteiger partial charge is 0.354 e. The molecule has 19 heavy (non-hydrogen) atoms. The van der Waals surface area contributed by atoms with Crippen molar-refractivity contribution in [3.63, 3.8) is 0 Å². The molecule has 0 N–H and O–H groups in total. The zero-order valence-electron chi connectivity index (χ0n) is 11.3. The zero-order chi connectivity index (χ0) is 13.1. The van der Waals surface area contributed by atoms with E-state index in [4.69, 9.17) is 16.9 Å². The van der Waals surface area contributed by atoms with Crippen LogP contribution in [0.25, 0.3) is 0 Å². The average Bonchev–Trinajstić information content (AvgIpc) is 2.49. The minimum Gasteiger partial charge on any atom is -0.354 e. The molecule has 2 aliphatic rings. The average molecular weight is 279 g/mol. The standard InChI is InChI=1S/C15H21ClN3/c16-13-6-7-15(18-10-13)19-9-8-17-14(11-19)12-4-2-1-3-5-12/h6-7,10,12,14H,1-5,8-9,11H2. The first-order valence-electron chi connectivity index (χ1n) is 7.36. The van der Waals surface area contributed by atoms with Gasteiger partial charge in [0.2, 0.25) is 0 Å². The van der Waals surface area contributed by atoms with E-state index in [9.17, 15) is 0 Å². The highest BCUT2D eigenvalue weighted by Gasteiger charge is 2.29. The van der Waals surface area contributed by atoms with E-state index in [0.29, 0.717) is 11.1 Å². The second kappa shape index (κ2) is 6.10. The van der Waals surface area contributed by atoms with Crippen LogP contribution in [0, 0.1) is 5.92 Å². The lowest BCUT2D eigenvalue weighted by Crippen LogP contribution is -2.51. The van der Waals surface area contributed by atoms with Crippen LogP contribution in [0.2, 0.25) is 5.02 Å². The van der Waals surface area contributed by atoms with Gasteiger partial charge in [-0.1, -0.05) is 30.9 Å². The number of hydrogen-bond donors (Lipinski definition) is 0. The monoisotopic (exact) mass is 278 g/mol. The number of piperazine rings is 1. The second-order valence-corrected chi connectivity index (χ2v) is 6.09. The molecule has 1 aromatic heterocycles. The highest BCUT2D eigenvalue weighted by Crippen LogP contribution is 2.29. The van der Waals surface area contributed by atoms with Crippen LogP contribution in [0.1, 0.15) is 32.1 Å². The Hall–Kier alpha value is -0.800. The van der Waals surface area contributed by atoms with Crippen LogP contribution in [0.5, 0.6) is 0 Å². The van der Waals surface area contributed by atoms with Crippen molar-refractivity contribution in [2.45, 2.75) is 38.1 Å². The van der Waals surface area contributed by atoms with Crippen molar-refractivity contribution in [1.29, 1.82) is 0 Å². The lowest BCUT2D eigenvalue weighted by atomic mass is 9.83. The minimum atomic E-state index is 0.506. The molecule has 3 nitrogen and oxygen atoms in total. The quantitative estimate of drug-likeness (QED) is 0.832. The molecule has 1 saturated heterocycles. The Morgan fingerprint density at radius 2 is 2.00 bits per heavy atom. The van der Waals surface area contributed by atoms with Gasteiger partial charge in [0.05, 0.1) is 5.02 Å². The predicted molar refractivity (Wildman–Crippen MR) is 78.8 cm³/mol. The Bertz CT molecular complexity index is 400. The van der Waals surface area contributed by atoms with Crippen molar-refractivity contribution in [3.8, 4) is 0 Å². The first-order chi connectivity index (χ1) is 9.33. The molecule has 3 rings (SSSR count). The van der Waals surface area contributed by atoms with E-state index in [0.717, 1.165) is 31.4 Å². The molecular formula is C15H21ClN3.